The Morgan fingerprint density at radius 2 is 1.90 bits per heavy atom. The van der Waals surface area contributed by atoms with E-state index in [0.717, 1.165) is 0 Å². The predicted octanol–water partition coefficient (Wildman–Crippen LogP) is 4.42. The van der Waals surface area contributed by atoms with E-state index in [0.29, 0.717) is 15.5 Å². The second kappa shape index (κ2) is 7.04. The van der Waals surface area contributed by atoms with Crippen molar-refractivity contribution >= 4 is 28.7 Å². The summed E-state index contributed by atoms with van der Waals surface area (Å²) in [4.78, 5) is 12.9. The summed E-state index contributed by atoms with van der Waals surface area (Å²) in [6.07, 6.45) is 0.0933. The van der Waals surface area contributed by atoms with Crippen molar-refractivity contribution in [1.82, 2.24) is 0 Å². The van der Waals surface area contributed by atoms with Gasteiger partial charge in [-0.2, -0.15) is 10.5 Å². The largest absolute Gasteiger partial charge is 0.293 e. The third kappa shape index (κ3) is 3.49. The molecule has 21 heavy (non-hydrogen) atoms. The molecule has 1 heterocycles. The van der Waals surface area contributed by atoms with Crippen molar-refractivity contribution in [1.29, 1.82) is 10.5 Å². The zero-order valence-electron chi connectivity index (χ0n) is 11.0. The van der Waals surface area contributed by atoms with Crippen LogP contribution in [0.2, 0.25) is 5.02 Å². The molecule has 1 aromatic heterocycles. The van der Waals surface area contributed by atoms with E-state index >= 15 is 0 Å². The van der Waals surface area contributed by atoms with E-state index in [1.807, 2.05) is 17.5 Å². The molecule has 104 valence electrons. The molecule has 1 aromatic carbocycles. The number of nitriles is 2. The lowest BCUT2D eigenvalue weighted by Crippen LogP contribution is -2.15. The normalized spacial score (nSPS) is 11.6. The van der Waals surface area contributed by atoms with E-state index < -0.39 is 11.8 Å². The minimum absolute atomic E-state index is 0.0783. The molecule has 0 fully saturated rings. The molecular formula is C16H11ClN2OS. The third-order valence-electron chi connectivity index (χ3n) is 3.19. The first-order valence-electron chi connectivity index (χ1n) is 6.27. The lowest BCUT2D eigenvalue weighted by molar-refractivity contribution is 0.0975. The number of ketones is 1. The van der Waals surface area contributed by atoms with Gasteiger partial charge in [0.1, 0.15) is 5.92 Å². The van der Waals surface area contributed by atoms with Crippen molar-refractivity contribution in [2.24, 2.45) is 5.92 Å². The standard InChI is InChI=1S/C16H11ClN2OS/c17-14-5-2-1-4-12(14)13(11(9-18)10-19)8-15(20)16-6-3-7-21-16/h1-7,11,13H,8H2. The number of carbonyl (C=O) groups excluding carboxylic acids is 1. The van der Waals surface area contributed by atoms with Crippen LogP contribution in [0, 0.1) is 28.6 Å². The molecule has 2 rings (SSSR count). The van der Waals surface area contributed by atoms with Gasteiger partial charge in [-0.05, 0) is 23.1 Å². The zero-order chi connectivity index (χ0) is 15.2. The van der Waals surface area contributed by atoms with Crippen molar-refractivity contribution in [2.45, 2.75) is 12.3 Å². The molecule has 5 heteroatoms. The summed E-state index contributed by atoms with van der Waals surface area (Å²) < 4.78 is 0. The molecule has 0 bridgehead atoms. The van der Waals surface area contributed by atoms with Crippen molar-refractivity contribution in [2.75, 3.05) is 0 Å². The van der Waals surface area contributed by atoms with Crippen molar-refractivity contribution < 1.29 is 4.79 Å². The highest BCUT2D eigenvalue weighted by atomic mass is 35.5. The molecule has 0 saturated carbocycles. The van der Waals surface area contributed by atoms with Gasteiger partial charge in [0.25, 0.3) is 0 Å². The van der Waals surface area contributed by atoms with Gasteiger partial charge in [0.2, 0.25) is 0 Å². The zero-order valence-corrected chi connectivity index (χ0v) is 12.6. The van der Waals surface area contributed by atoms with Crippen LogP contribution in [-0.2, 0) is 0 Å². The number of hydrogen-bond acceptors (Lipinski definition) is 4. The highest BCUT2D eigenvalue weighted by molar-refractivity contribution is 7.12. The summed E-state index contributed by atoms with van der Waals surface area (Å²) in [5.74, 6) is -1.51. The average molecular weight is 315 g/mol. The first kappa shape index (κ1) is 15.3. The second-order valence-electron chi connectivity index (χ2n) is 4.47. The van der Waals surface area contributed by atoms with E-state index in [1.54, 1.807) is 36.4 Å². The third-order valence-corrected chi connectivity index (χ3v) is 4.44. The molecule has 0 aliphatic carbocycles. The quantitative estimate of drug-likeness (QED) is 0.767. The number of thiophene rings is 1. The second-order valence-corrected chi connectivity index (χ2v) is 5.82. The van der Waals surface area contributed by atoms with Gasteiger partial charge in [0, 0.05) is 17.4 Å². The fourth-order valence-electron chi connectivity index (χ4n) is 2.13. The number of Topliss-reactive ketones (excluding diaryl/α,β-unsaturated/α-hetero) is 1. The maximum Gasteiger partial charge on any atom is 0.173 e. The molecule has 3 nitrogen and oxygen atoms in total. The number of hydrogen-bond donors (Lipinski definition) is 0. The maximum absolute atomic E-state index is 12.3. The van der Waals surface area contributed by atoms with Crippen LogP contribution in [0.15, 0.2) is 41.8 Å². The Labute approximate surface area is 132 Å². The predicted molar refractivity (Wildman–Crippen MR) is 82.2 cm³/mol. The molecular weight excluding hydrogens is 304 g/mol. The van der Waals surface area contributed by atoms with Gasteiger partial charge in [0.15, 0.2) is 5.78 Å². The van der Waals surface area contributed by atoms with Gasteiger partial charge in [-0.1, -0.05) is 35.9 Å². The van der Waals surface area contributed by atoms with E-state index in [9.17, 15) is 4.79 Å². The topological polar surface area (TPSA) is 64.7 Å². The Morgan fingerprint density at radius 3 is 2.48 bits per heavy atom. The highest BCUT2D eigenvalue weighted by Gasteiger charge is 2.28. The maximum atomic E-state index is 12.3. The summed E-state index contributed by atoms with van der Waals surface area (Å²) in [5, 5.41) is 20.6. The van der Waals surface area contributed by atoms with Crippen LogP contribution in [0.25, 0.3) is 0 Å². The van der Waals surface area contributed by atoms with Gasteiger partial charge in [-0.25, -0.2) is 0 Å². The molecule has 1 unspecified atom stereocenters. The van der Waals surface area contributed by atoms with Gasteiger partial charge in [-0.15, -0.1) is 11.3 Å². The minimum atomic E-state index is -0.909. The van der Waals surface area contributed by atoms with Crippen LogP contribution < -0.4 is 0 Å². The van der Waals surface area contributed by atoms with Crippen molar-refractivity contribution in [3.8, 4) is 12.1 Å². The summed E-state index contributed by atoms with van der Waals surface area (Å²) in [6, 6.07) is 14.5. The number of carbonyl (C=O) groups is 1. The fraction of sp³-hybridized carbons (Fsp3) is 0.188. The van der Waals surface area contributed by atoms with Crippen molar-refractivity contribution in [3.05, 3.63) is 57.2 Å². The van der Waals surface area contributed by atoms with Crippen LogP contribution >= 0.6 is 22.9 Å². The molecule has 0 radical (unpaired) electrons. The minimum Gasteiger partial charge on any atom is -0.293 e. The lowest BCUT2D eigenvalue weighted by atomic mass is 9.83. The van der Waals surface area contributed by atoms with Crippen LogP contribution in [-0.4, -0.2) is 5.78 Å². The van der Waals surface area contributed by atoms with Crippen molar-refractivity contribution in [3.63, 3.8) is 0 Å². The van der Waals surface area contributed by atoms with Gasteiger partial charge in [0.05, 0.1) is 17.0 Å². The molecule has 2 aromatic rings. The first-order chi connectivity index (χ1) is 10.2. The van der Waals surface area contributed by atoms with E-state index in [1.165, 1.54) is 11.3 Å². The molecule has 0 amide bonds. The van der Waals surface area contributed by atoms with Crippen LogP contribution in [0.5, 0.6) is 0 Å². The van der Waals surface area contributed by atoms with Crippen LogP contribution in [0.3, 0.4) is 0 Å². The lowest BCUT2D eigenvalue weighted by Gasteiger charge is -2.18. The van der Waals surface area contributed by atoms with Gasteiger partial charge < -0.3 is 0 Å². The summed E-state index contributed by atoms with van der Waals surface area (Å²) in [5.41, 5.74) is 0.664. The number of halogens is 1. The molecule has 1 atom stereocenters. The molecule has 0 N–H and O–H groups in total. The average Bonchev–Trinajstić information content (AvgIpc) is 3.02. The molecule has 0 aliphatic heterocycles. The van der Waals surface area contributed by atoms with Crippen LogP contribution in [0.4, 0.5) is 0 Å². The number of nitrogens with zero attached hydrogens (tertiary/aromatic N) is 2. The van der Waals surface area contributed by atoms with E-state index in [-0.39, 0.29) is 12.2 Å². The van der Waals surface area contributed by atoms with Gasteiger partial charge in [-0.3, -0.25) is 4.79 Å². The van der Waals surface area contributed by atoms with E-state index in [4.69, 9.17) is 22.1 Å². The van der Waals surface area contributed by atoms with Gasteiger partial charge >= 0.3 is 0 Å². The number of rotatable bonds is 5. The molecule has 0 aliphatic rings. The first-order valence-corrected chi connectivity index (χ1v) is 7.53. The SMILES string of the molecule is N#CC(C#N)C(CC(=O)c1cccs1)c1ccccc1Cl. The summed E-state index contributed by atoms with van der Waals surface area (Å²) >= 11 is 7.51. The Balaban J connectivity index is 2.34. The Hall–Kier alpha value is -2.14. The summed E-state index contributed by atoms with van der Waals surface area (Å²) in [6.45, 7) is 0. The Morgan fingerprint density at radius 1 is 1.19 bits per heavy atom. The highest BCUT2D eigenvalue weighted by Crippen LogP contribution is 2.34. The van der Waals surface area contributed by atoms with Crippen LogP contribution in [0.1, 0.15) is 27.6 Å². The molecule has 0 saturated heterocycles. The summed E-state index contributed by atoms with van der Waals surface area (Å²) in [7, 11) is 0. The number of benzene rings is 1. The smallest absolute Gasteiger partial charge is 0.173 e. The molecule has 0 spiro atoms. The Kier molecular flexibility index (Phi) is 5.11. The monoisotopic (exact) mass is 314 g/mol. The Bertz CT molecular complexity index is 699. The van der Waals surface area contributed by atoms with E-state index in [2.05, 4.69) is 0 Å². The fourth-order valence-corrected chi connectivity index (χ4v) is 3.08.